The third-order valence-electron chi connectivity index (χ3n) is 6.99. The summed E-state index contributed by atoms with van der Waals surface area (Å²) < 4.78 is 53.8. The number of nitrogens with one attached hydrogen (secondary N) is 1. The van der Waals surface area contributed by atoms with E-state index in [1.54, 1.807) is 69.2 Å². The molecule has 4 aliphatic heterocycles. The van der Waals surface area contributed by atoms with Crippen LogP contribution in [0.4, 0.5) is 0 Å². The Labute approximate surface area is 245 Å². The van der Waals surface area contributed by atoms with Crippen molar-refractivity contribution < 1.29 is 52.2 Å². The second-order valence-electron chi connectivity index (χ2n) is 13.0. The van der Waals surface area contributed by atoms with Crippen LogP contribution in [0, 0.1) is 0 Å². The number of carbonyl (C=O) groups excluding carboxylic acids is 2. The molecular weight excluding hydrogens is 556 g/mol. The molecule has 42 heavy (non-hydrogen) atoms. The predicted molar refractivity (Wildman–Crippen MR) is 144 cm³/mol. The van der Waals surface area contributed by atoms with E-state index < -0.39 is 83.9 Å². The molecule has 0 spiro atoms. The summed E-state index contributed by atoms with van der Waals surface area (Å²) in [5.74, 6) is -5.26. The number of hydrogen-bond donors (Lipinski definition) is 1. The third-order valence-corrected chi connectivity index (χ3v) is 6.99. The van der Waals surface area contributed by atoms with Crippen molar-refractivity contribution in [2.75, 3.05) is 13.1 Å². The summed E-state index contributed by atoms with van der Waals surface area (Å²) in [5, 5.41) is 6.52. The fourth-order valence-corrected chi connectivity index (χ4v) is 5.74. The van der Waals surface area contributed by atoms with Gasteiger partial charge in [-0.25, -0.2) is 4.79 Å². The van der Waals surface area contributed by atoms with Crippen molar-refractivity contribution in [3.05, 3.63) is 10.4 Å². The van der Waals surface area contributed by atoms with E-state index in [4.69, 9.17) is 48.2 Å². The number of rotatable bonds is 9. The molecule has 4 saturated heterocycles. The maximum absolute atomic E-state index is 13.6. The van der Waals surface area contributed by atoms with E-state index >= 15 is 0 Å². The Morgan fingerprint density at radius 2 is 1.19 bits per heavy atom. The number of azide groups is 1. The molecule has 15 nitrogen and oxygen atoms in total. The van der Waals surface area contributed by atoms with Crippen LogP contribution in [-0.4, -0.2) is 103 Å². The molecular formula is C27H44N4O11. The van der Waals surface area contributed by atoms with Crippen molar-refractivity contribution in [1.29, 1.82) is 0 Å². The van der Waals surface area contributed by atoms with Crippen molar-refractivity contribution in [3.8, 4) is 0 Å². The van der Waals surface area contributed by atoms with Crippen LogP contribution in [0.1, 0.15) is 69.2 Å². The molecule has 0 aliphatic carbocycles. The molecule has 1 N–H and O–H groups in total. The van der Waals surface area contributed by atoms with E-state index in [2.05, 4.69) is 15.3 Å². The largest absolute Gasteiger partial charge is 0.461 e. The van der Waals surface area contributed by atoms with E-state index in [0.29, 0.717) is 0 Å². The van der Waals surface area contributed by atoms with Gasteiger partial charge in [-0.15, -0.1) is 0 Å². The summed E-state index contributed by atoms with van der Waals surface area (Å²) in [6, 6.07) is 0. The SMILES string of the molecule is CC(C)OC(=O)[C@@H]1OC(C)(C)O[C@H]1[C@H]1OC(C)(C)O[C@@H]1CNC(=O)[C@@H]1OC(C)(C)O[C@H]1[C@H]1OC(C)(C)O[C@@H]1CN=[N+]=[N-]. The van der Waals surface area contributed by atoms with Gasteiger partial charge < -0.3 is 47.9 Å². The molecule has 0 bridgehead atoms. The van der Waals surface area contributed by atoms with Crippen molar-refractivity contribution in [3.63, 3.8) is 0 Å². The van der Waals surface area contributed by atoms with Crippen molar-refractivity contribution in [1.82, 2.24) is 5.32 Å². The lowest BCUT2D eigenvalue weighted by Gasteiger charge is -2.27. The Bertz CT molecular complexity index is 1070. The third kappa shape index (κ3) is 7.52. The van der Waals surface area contributed by atoms with Crippen LogP contribution < -0.4 is 5.32 Å². The average Bonchev–Trinajstić information content (AvgIpc) is 3.54. The summed E-state index contributed by atoms with van der Waals surface area (Å²) in [6.07, 6.45) is -7.11. The minimum atomic E-state index is -1.10. The fraction of sp³-hybridized carbons (Fsp3) is 0.926. The summed E-state index contributed by atoms with van der Waals surface area (Å²) in [6.45, 7) is 17.2. The first kappa shape index (κ1) is 32.8. The Kier molecular flexibility index (Phi) is 9.22. The Balaban J connectivity index is 1.50. The summed E-state index contributed by atoms with van der Waals surface area (Å²) in [5.41, 5.74) is 8.83. The lowest BCUT2D eigenvalue weighted by atomic mass is 10.0. The maximum atomic E-state index is 13.6. The minimum Gasteiger partial charge on any atom is -0.461 e. The molecule has 0 unspecified atom stereocenters. The molecule has 15 heteroatoms. The lowest BCUT2D eigenvalue weighted by Crippen LogP contribution is -2.52. The van der Waals surface area contributed by atoms with Crippen LogP contribution in [0.3, 0.4) is 0 Å². The Morgan fingerprint density at radius 1 is 0.738 bits per heavy atom. The molecule has 0 aromatic heterocycles. The number of carbonyl (C=O) groups is 2. The van der Waals surface area contributed by atoms with Gasteiger partial charge in [-0.05, 0) is 74.8 Å². The van der Waals surface area contributed by atoms with Crippen LogP contribution in [0.15, 0.2) is 5.11 Å². The first-order valence-electron chi connectivity index (χ1n) is 14.2. The first-order valence-corrected chi connectivity index (χ1v) is 14.2. The summed E-state index contributed by atoms with van der Waals surface area (Å²) >= 11 is 0. The normalized spacial score (nSPS) is 37.9. The monoisotopic (exact) mass is 600 g/mol. The van der Waals surface area contributed by atoms with Crippen molar-refractivity contribution in [2.45, 2.75) is 147 Å². The zero-order valence-electron chi connectivity index (χ0n) is 25.9. The van der Waals surface area contributed by atoms with Gasteiger partial charge in [-0.3, -0.25) is 4.79 Å². The number of nitrogens with zero attached hydrogens (tertiary/aromatic N) is 3. The predicted octanol–water partition coefficient (Wildman–Crippen LogP) is 2.44. The van der Waals surface area contributed by atoms with Crippen LogP contribution in [0.5, 0.6) is 0 Å². The molecule has 1 amide bonds. The van der Waals surface area contributed by atoms with Crippen LogP contribution in [-0.2, 0) is 52.2 Å². The van der Waals surface area contributed by atoms with Gasteiger partial charge in [-0.2, -0.15) is 0 Å². The van der Waals surface area contributed by atoms with E-state index in [-0.39, 0.29) is 19.2 Å². The van der Waals surface area contributed by atoms with Crippen LogP contribution >= 0.6 is 0 Å². The van der Waals surface area contributed by atoms with Gasteiger partial charge in [-0.1, -0.05) is 5.11 Å². The Hall–Kier alpha value is -2.07. The fourth-order valence-electron chi connectivity index (χ4n) is 5.74. The van der Waals surface area contributed by atoms with Crippen LogP contribution in [0.2, 0.25) is 0 Å². The first-order chi connectivity index (χ1) is 19.3. The quantitative estimate of drug-likeness (QED) is 0.178. The number of ether oxygens (including phenoxy) is 9. The lowest BCUT2D eigenvalue weighted by molar-refractivity contribution is -0.177. The molecule has 0 saturated carbocycles. The van der Waals surface area contributed by atoms with Gasteiger partial charge in [0.1, 0.15) is 30.5 Å². The molecule has 0 aromatic carbocycles. The highest BCUT2D eigenvalue weighted by molar-refractivity contribution is 5.82. The van der Waals surface area contributed by atoms with Crippen molar-refractivity contribution in [2.24, 2.45) is 5.11 Å². The number of amides is 1. The standard InChI is InChI=1S/C27H44N4O11/c1-13(2)34-23(33)21-19(40-27(9,10)42-21)16-14(35-24(3,4)37-16)11-29-22(32)20-18(39-26(7,8)41-20)17-15(12-30-31-28)36-25(5,6)38-17/h13-21H,11-12H2,1-10H3,(H,29,32)/t14-,15-,16+,17+,18+,19+,20-,21-/m1/s1. The van der Waals surface area contributed by atoms with E-state index in [1.807, 2.05) is 0 Å². The second-order valence-corrected chi connectivity index (χ2v) is 13.0. The van der Waals surface area contributed by atoms with Gasteiger partial charge in [0.05, 0.1) is 18.8 Å². The smallest absolute Gasteiger partial charge is 0.338 e. The van der Waals surface area contributed by atoms with Gasteiger partial charge >= 0.3 is 5.97 Å². The second kappa shape index (κ2) is 11.8. The topological polar surface area (TPSA) is 178 Å². The molecule has 0 radical (unpaired) electrons. The summed E-state index contributed by atoms with van der Waals surface area (Å²) in [4.78, 5) is 29.3. The molecule has 238 valence electrons. The summed E-state index contributed by atoms with van der Waals surface area (Å²) in [7, 11) is 0. The van der Waals surface area contributed by atoms with Gasteiger partial charge in [0.25, 0.3) is 5.91 Å². The van der Waals surface area contributed by atoms with E-state index in [9.17, 15) is 9.59 Å². The molecule has 4 aliphatic rings. The van der Waals surface area contributed by atoms with Gasteiger partial charge in [0.2, 0.25) is 0 Å². The highest BCUT2D eigenvalue weighted by atomic mass is 16.8. The zero-order chi connectivity index (χ0) is 31.3. The maximum Gasteiger partial charge on any atom is 0.338 e. The number of hydrogen-bond acceptors (Lipinski definition) is 12. The molecule has 4 rings (SSSR count). The average molecular weight is 601 g/mol. The highest BCUT2D eigenvalue weighted by Gasteiger charge is 2.58. The van der Waals surface area contributed by atoms with E-state index in [0.717, 1.165) is 0 Å². The number of esters is 1. The molecule has 8 atom stereocenters. The van der Waals surface area contributed by atoms with Crippen molar-refractivity contribution >= 4 is 11.9 Å². The highest BCUT2D eigenvalue weighted by Crippen LogP contribution is 2.40. The van der Waals surface area contributed by atoms with E-state index in [1.165, 1.54) is 0 Å². The molecule has 4 heterocycles. The van der Waals surface area contributed by atoms with Crippen LogP contribution in [0.25, 0.3) is 10.4 Å². The van der Waals surface area contributed by atoms with Gasteiger partial charge in [0, 0.05) is 11.5 Å². The Morgan fingerprint density at radius 3 is 1.74 bits per heavy atom. The molecule has 0 aromatic rings. The minimum absolute atomic E-state index is 0.00183. The molecule has 4 fully saturated rings. The zero-order valence-corrected chi connectivity index (χ0v) is 25.9. The van der Waals surface area contributed by atoms with Gasteiger partial charge in [0.15, 0.2) is 35.4 Å².